The molecule has 8 aromatic rings. The molecule has 314 valence electrons. The minimum absolute atomic E-state index is 0.0124. The van der Waals surface area contributed by atoms with Gasteiger partial charge in [0.15, 0.2) is 6.29 Å². The van der Waals surface area contributed by atoms with Crippen molar-refractivity contribution in [3.63, 3.8) is 0 Å². The van der Waals surface area contributed by atoms with Gasteiger partial charge >= 0.3 is 0 Å². The summed E-state index contributed by atoms with van der Waals surface area (Å²) < 4.78 is 26.5. The van der Waals surface area contributed by atoms with Crippen LogP contribution in [0.4, 0.5) is 0 Å². The molecule has 0 bridgehead atoms. The molecule has 0 aliphatic carbocycles. The number of fused-ring (bicyclic) bond motifs is 2. The van der Waals surface area contributed by atoms with Crippen LogP contribution in [0.25, 0.3) is 55.7 Å². The van der Waals surface area contributed by atoms with Gasteiger partial charge in [-0.3, -0.25) is 18.7 Å². The first-order valence-corrected chi connectivity index (χ1v) is 20.4. The average Bonchev–Trinajstić information content (AvgIpc) is 3.95. The first kappa shape index (κ1) is 41.4. The molecule has 1 aliphatic heterocycles. The lowest BCUT2D eigenvalue weighted by molar-refractivity contribution is -0.165. The largest absolute Gasteiger partial charge is 0.491 e. The van der Waals surface area contributed by atoms with E-state index in [1.165, 1.54) is 0 Å². The van der Waals surface area contributed by atoms with Crippen LogP contribution >= 0.6 is 0 Å². The lowest BCUT2D eigenvalue weighted by atomic mass is 10.0. The van der Waals surface area contributed by atoms with Crippen LogP contribution in [0, 0.1) is 0 Å². The minimum atomic E-state index is -0.437. The first-order chi connectivity index (χ1) is 30.3. The number of rotatable bonds is 14. The lowest BCUT2D eigenvalue weighted by Crippen LogP contribution is -2.24. The first-order valence-electron chi connectivity index (χ1n) is 20.4. The minimum Gasteiger partial charge on any atom is -0.491 e. The van der Waals surface area contributed by atoms with Gasteiger partial charge in [-0.2, -0.15) is 0 Å². The predicted molar refractivity (Wildman–Crippen MR) is 238 cm³/mol. The molecule has 13 nitrogen and oxygen atoms in total. The normalized spacial score (nSPS) is 13.7. The number of hydrogen-bond acceptors (Lipinski definition) is 9. The van der Waals surface area contributed by atoms with Gasteiger partial charge in [-0.1, -0.05) is 36.4 Å². The quantitative estimate of drug-likeness (QED) is 0.0920. The number of amides is 2. The Bertz CT molecular complexity index is 2760. The van der Waals surface area contributed by atoms with Gasteiger partial charge in [0, 0.05) is 29.1 Å². The summed E-state index contributed by atoms with van der Waals surface area (Å²) in [6, 6.07) is 42.2. The van der Waals surface area contributed by atoms with Crippen LogP contribution in [0.1, 0.15) is 40.0 Å². The maximum atomic E-state index is 11.3. The number of carbonyl (C=O) groups excluding carboxylic acids is 2. The second kappa shape index (κ2) is 19.4. The maximum absolute atomic E-state index is 11.3. The molecule has 2 amide bonds. The molecule has 1 fully saturated rings. The lowest BCUT2D eigenvalue weighted by Gasteiger charge is -2.22. The Hall–Kier alpha value is -7.32. The third kappa shape index (κ3) is 9.82. The van der Waals surface area contributed by atoms with Gasteiger partial charge in [0.1, 0.15) is 37.4 Å². The van der Waals surface area contributed by atoms with E-state index in [0.29, 0.717) is 30.1 Å². The molecule has 1 unspecified atom stereocenters. The van der Waals surface area contributed by atoms with Gasteiger partial charge < -0.3 is 35.5 Å². The van der Waals surface area contributed by atoms with Crippen molar-refractivity contribution in [1.82, 2.24) is 19.1 Å². The monoisotopic (exact) mass is 830 g/mol. The summed E-state index contributed by atoms with van der Waals surface area (Å²) in [5, 5.41) is 8.84. The van der Waals surface area contributed by atoms with Crippen molar-refractivity contribution in [2.75, 3.05) is 33.0 Å². The molecule has 13 heteroatoms. The van der Waals surface area contributed by atoms with Crippen LogP contribution < -0.4 is 20.9 Å². The molecular weight excluding hydrogens is 785 g/mol. The maximum Gasteiger partial charge on any atom is 0.248 e. The second-order valence-corrected chi connectivity index (χ2v) is 14.6. The van der Waals surface area contributed by atoms with Gasteiger partial charge in [-0.05, 0) is 139 Å². The zero-order chi connectivity index (χ0) is 42.8. The van der Waals surface area contributed by atoms with Crippen LogP contribution in [-0.2, 0) is 9.47 Å². The molecular formula is C49H46N6O7. The number of nitrogens with two attached hydrogens (primary N) is 2. The predicted octanol–water partition coefficient (Wildman–Crippen LogP) is 7.88. The van der Waals surface area contributed by atoms with E-state index in [9.17, 15) is 9.59 Å². The number of primary amides is 2. The molecule has 0 saturated carbocycles. The summed E-state index contributed by atoms with van der Waals surface area (Å²) in [6.45, 7) is 2.03. The number of aliphatic hydroxyl groups excluding tert-OH is 1. The van der Waals surface area contributed by atoms with Crippen molar-refractivity contribution >= 4 is 33.9 Å². The fraction of sp³-hybridized carbons (Fsp3) is 0.184. The number of nitrogens with zero attached hydrogens (tertiary/aromatic N) is 4. The van der Waals surface area contributed by atoms with E-state index in [0.717, 1.165) is 87.3 Å². The van der Waals surface area contributed by atoms with Gasteiger partial charge in [0.25, 0.3) is 0 Å². The molecule has 1 aliphatic rings. The molecule has 5 N–H and O–H groups in total. The Morgan fingerprint density at radius 2 is 1.06 bits per heavy atom. The number of imidazole rings is 2. The molecule has 1 saturated heterocycles. The third-order valence-corrected chi connectivity index (χ3v) is 10.5. The summed E-state index contributed by atoms with van der Waals surface area (Å²) >= 11 is 0. The standard InChI is InChI=1S/C27H27N3O4.C22H19N3O3/c28-27(31)20-6-4-19(5-7-20)21-8-13-25-24(17-21)29-18-30(25)22-9-11-23(12-10-22)32-15-16-34-26-3-1-2-14-33-26;23-22(27)16-3-1-15(2-4-16)17-5-10-21-20(13-17)24-14-25(21)18-6-8-19(9-7-18)28-12-11-26/h4-13,17-18,26H,1-3,14-16H2,(H2,28,31);1-10,13-14,26H,11-12H2,(H2,23,27). The molecule has 3 heterocycles. The van der Waals surface area contributed by atoms with Crippen molar-refractivity contribution in [3.05, 3.63) is 157 Å². The number of hydrogen-bond donors (Lipinski definition) is 3. The summed E-state index contributed by atoms with van der Waals surface area (Å²) in [5.41, 5.74) is 21.4. The zero-order valence-corrected chi connectivity index (χ0v) is 33.9. The van der Waals surface area contributed by atoms with Crippen molar-refractivity contribution in [2.24, 2.45) is 11.5 Å². The Labute approximate surface area is 358 Å². The van der Waals surface area contributed by atoms with Crippen molar-refractivity contribution < 1.29 is 33.6 Å². The molecule has 6 aromatic carbocycles. The highest BCUT2D eigenvalue weighted by Gasteiger charge is 2.14. The van der Waals surface area contributed by atoms with Crippen LogP contribution in [-0.4, -0.2) is 75.3 Å². The summed E-state index contributed by atoms with van der Waals surface area (Å²) in [4.78, 5) is 31.6. The number of carbonyl (C=O) groups is 2. The highest BCUT2D eigenvalue weighted by atomic mass is 16.7. The SMILES string of the molecule is NC(=O)c1ccc(-c2ccc3c(c2)ncn3-c2ccc(OCCO)cc2)cc1.NC(=O)c1ccc(-c2ccc3c(c2)ncn3-c2ccc(OCCOC3CCCCO3)cc2)cc1. The Morgan fingerprint density at radius 1 is 0.597 bits per heavy atom. The summed E-state index contributed by atoms with van der Waals surface area (Å²) in [6.07, 6.45) is 6.73. The second-order valence-electron chi connectivity index (χ2n) is 14.6. The molecule has 0 spiro atoms. The third-order valence-electron chi connectivity index (χ3n) is 10.5. The molecule has 62 heavy (non-hydrogen) atoms. The Morgan fingerprint density at radius 3 is 1.50 bits per heavy atom. The molecule has 2 aromatic heterocycles. The average molecular weight is 831 g/mol. The van der Waals surface area contributed by atoms with E-state index in [-0.39, 0.29) is 19.5 Å². The highest BCUT2D eigenvalue weighted by molar-refractivity contribution is 5.94. The smallest absolute Gasteiger partial charge is 0.248 e. The summed E-state index contributed by atoms with van der Waals surface area (Å²) in [5.74, 6) is 0.639. The van der Waals surface area contributed by atoms with E-state index in [1.54, 1.807) is 30.6 Å². The fourth-order valence-corrected chi connectivity index (χ4v) is 7.20. The van der Waals surface area contributed by atoms with Gasteiger partial charge in [0.2, 0.25) is 11.8 Å². The number of aromatic nitrogens is 4. The Kier molecular flexibility index (Phi) is 12.9. The van der Waals surface area contributed by atoms with E-state index in [4.69, 9.17) is 35.5 Å². The highest BCUT2D eigenvalue weighted by Crippen LogP contribution is 2.28. The Balaban J connectivity index is 0.000000174. The topological polar surface area (TPSA) is 179 Å². The van der Waals surface area contributed by atoms with Gasteiger partial charge in [-0.15, -0.1) is 0 Å². The van der Waals surface area contributed by atoms with E-state index < -0.39 is 11.8 Å². The van der Waals surface area contributed by atoms with Crippen LogP contribution in [0.5, 0.6) is 11.5 Å². The molecule has 0 radical (unpaired) electrons. The van der Waals surface area contributed by atoms with Crippen molar-refractivity contribution in [2.45, 2.75) is 25.6 Å². The molecule has 1 atom stereocenters. The zero-order valence-electron chi connectivity index (χ0n) is 33.9. The van der Waals surface area contributed by atoms with Gasteiger partial charge in [-0.25, -0.2) is 9.97 Å². The van der Waals surface area contributed by atoms with Crippen molar-refractivity contribution in [3.8, 4) is 45.1 Å². The van der Waals surface area contributed by atoms with Crippen LogP contribution in [0.15, 0.2) is 146 Å². The number of benzene rings is 6. The van der Waals surface area contributed by atoms with E-state index in [1.807, 2.05) is 119 Å². The van der Waals surface area contributed by atoms with Gasteiger partial charge in [0.05, 0.1) is 35.3 Å². The summed E-state index contributed by atoms with van der Waals surface area (Å²) in [7, 11) is 0. The fourth-order valence-electron chi connectivity index (χ4n) is 7.20. The van der Waals surface area contributed by atoms with Crippen molar-refractivity contribution in [1.29, 1.82) is 0 Å². The molecule has 9 rings (SSSR count). The number of aliphatic hydroxyl groups is 1. The van der Waals surface area contributed by atoms with Crippen LogP contribution in [0.3, 0.4) is 0 Å². The van der Waals surface area contributed by atoms with E-state index in [2.05, 4.69) is 16.0 Å². The van der Waals surface area contributed by atoms with E-state index >= 15 is 0 Å². The number of ether oxygens (including phenoxy) is 4. The van der Waals surface area contributed by atoms with Crippen LogP contribution in [0.2, 0.25) is 0 Å².